The van der Waals surface area contributed by atoms with E-state index in [1.807, 2.05) is 91.0 Å². The zero-order valence-electron chi connectivity index (χ0n) is 18.0. The molecular formula is C30H22O3. The molecule has 0 spiro atoms. The average molecular weight is 431 g/mol. The van der Waals surface area contributed by atoms with Gasteiger partial charge in [0.2, 0.25) is 5.78 Å². The minimum Gasteiger partial charge on any atom is -0.488 e. The highest BCUT2D eigenvalue weighted by atomic mass is 16.6. The van der Waals surface area contributed by atoms with E-state index in [0.717, 1.165) is 32.7 Å². The smallest absolute Gasteiger partial charge is 0.205 e. The quantitative estimate of drug-likeness (QED) is 0.223. The molecule has 1 fully saturated rings. The minimum absolute atomic E-state index is 0.0567. The van der Waals surface area contributed by atoms with Crippen molar-refractivity contribution >= 4 is 27.3 Å². The van der Waals surface area contributed by atoms with Gasteiger partial charge in [-0.15, -0.1) is 0 Å². The van der Waals surface area contributed by atoms with Crippen molar-refractivity contribution in [2.75, 3.05) is 6.61 Å². The normalized spacial score (nSPS) is 17.2. The predicted molar refractivity (Wildman–Crippen MR) is 131 cm³/mol. The molecule has 0 bridgehead atoms. The van der Waals surface area contributed by atoms with E-state index in [4.69, 9.17) is 9.47 Å². The van der Waals surface area contributed by atoms with E-state index < -0.39 is 5.60 Å². The Balaban J connectivity index is 1.48. The van der Waals surface area contributed by atoms with Gasteiger partial charge < -0.3 is 9.47 Å². The highest BCUT2D eigenvalue weighted by molar-refractivity contribution is 6.16. The largest absolute Gasteiger partial charge is 0.488 e. The van der Waals surface area contributed by atoms with Crippen molar-refractivity contribution in [2.24, 2.45) is 0 Å². The highest BCUT2D eigenvalue weighted by Gasteiger charge is 2.55. The van der Waals surface area contributed by atoms with Crippen LogP contribution >= 0.6 is 0 Å². The average Bonchev–Trinajstić information content (AvgIpc) is 3.69. The van der Waals surface area contributed by atoms with Crippen LogP contribution < -0.4 is 4.74 Å². The van der Waals surface area contributed by atoms with Crippen molar-refractivity contribution in [1.29, 1.82) is 0 Å². The number of Topliss-reactive ketones (excluding diaryl/α,β-unsaturated/α-hetero) is 1. The van der Waals surface area contributed by atoms with E-state index in [9.17, 15) is 4.79 Å². The molecule has 0 saturated carbocycles. The molecule has 33 heavy (non-hydrogen) atoms. The summed E-state index contributed by atoms with van der Waals surface area (Å²) in [6.07, 6.45) is 0. The molecular weight excluding hydrogens is 408 g/mol. The Labute approximate surface area is 192 Å². The van der Waals surface area contributed by atoms with Crippen LogP contribution in [0.2, 0.25) is 0 Å². The molecule has 0 N–H and O–H groups in total. The molecule has 5 aromatic carbocycles. The van der Waals surface area contributed by atoms with Gasteiger partial charge in [0.1, 0.15) is 12.4 Å². The Morgan fingerprint density at radius 1 is 0.727 bits per heavy atom. The van der Waals surface area contributed by atoms with Crippen LogP contribution in [-0.2, 0) is 16.9 Å². The maximum Gasteiger partial charge on any atom is 0.205 e. The van der Waals surface area contributed by atoms with E-state index in [0.29, 0.717) is 24.5 Å². The second-order valence-corrected chi connectivity index (χ2v) is 8.41. The van der Waals surface area contributed by atoms with E-state index in [-0.39, 0.29) is 5.78 Å². The molecule has 6 rings (SSSR count). The summed E-state index contributed by atoms with van der Waals surface area (Å²) in [5, 5.41) is 4.01. The number of rotatable bonds is 6. The molecule has 0 amide bonds. The number of hydrogen-bond donors (Lipinski definition) is 0. The third-order valence-electron chi connectivity index (χ3n) is 6.38. The molecule has 0 radical (unpaired) electrons. The van der Waals surface area contributed by atoms with E-state index in [1.54, 1.807) is 0 Å². The molecule has 160 valence electrons. The van der Waals surface area contributed by atoms with E-state index in [1.165, 1.54) is 0 Å². The van der Waals surface area contributed by atoms with Crippen molar-refractivity contribution in [3.05, 3.63) is 126 Å². The van der Waals surface area contributed by atoms with Crippen molar-refractivity contribution in [3.8, 4) is 5.75 Å². The molecule has 1 heterocycles. The Kier molecular flexibility index (Phi) is 4.70. The predicted octanol–water partition coefficient (Wildman–Crippen LogP) is 6.68. The van der Waals surface area contributed by atoms with Crippen molar-refractivity contribution in [2.45, 2.75) is 12.2 Å². The summed E-state index contributed by atoms with van der Waals surface area (Å²) in [6, 6.07) is 36.0. The molecule has 3 heteroatoms. The molecule has 1 aliphatic heterocycles. The molecule has 1 unspecified atom stereocenters. The lowest BCUT2D eigenvalue weighted by molar-refractivity contribution is 0.0869. The van der Waals surface area contributed by atoms with Crippen LogP contribution in [0.3, 0.4) is 0 Å². The van der Waals surface area contributed by atoms with Crippen LogP contribution in [0.4, 0.5) is 0 Å². The molecule has 1 aliphatic rings. The zero-order chi connectivity index (χ0) is 22.3. The number of hydrogen-bond acceptors (Lipinski definition) is 3. The fraction of sp³-hybridized carbons (Fsp3) is 0.100. The number of ether oxygens (including phenoxy) is 2. The second kappa shape index (κ2) is 7.88. The summed E-state index contributed by atoms with van der Waals surface area (Å²) in [5.41, 5.74) is 1.55. The SMILES string of the molecule is O=C(c1c(OCc2ccccc2)ccc2ccccc12)C1(c2cccc3ccccc23)CO1. The summed E-state index contributed by atoms with van der Waals surface area (Å²) in [7, 11) is 0. The molecule has 5 aromatic rings. The molecule has 0 aromatic heterocycles. The molecule has 0 aliphatic carbocycles. The first-order valence-corrected chi connectivity index (χ1v) is 11.1. The van der Waals surface area contributed by atoms with Crippen LogP contribution in [0.5, 0.6) is 5.75 Å². The Morgan fingerprint density at radius 3 is 2.12 bits per heavy atom. The monoisotopic (exact) mass is 430 g/mol. The highest BCUT2D eigenvalue weighted by Crippen LogP contribution is 2.47. The number of epoxide rings is 1. The summed E-state index contributed by atoms with van der Waals surface area (Å²) >= 11 is 0. The van der Waals surface area contributed by atoms with Crippen molar-refractivity contribution < 1.29 is 14.3 Å². The first-order chi connectivity index (χ1) is 16.3. The van der Waals surface area contributed by atoms with Gasteiger partial charge in [-0.05, 0) is 33.2 Å². The number of fused-ring (bicyclic) bond motifs is 2. The summed E-state index contributed by atoms with van der Waals surface area (Å²) < 4.78 is 12.2. The number of ketones is 1. The number of carbonyl (C=O) groups is 1. The van der Waals surface area contributed by atoms with Crippen molar-refractivity contribution in [1.82, 2.24) is 0 Å². The lowest BCUT2D eigenvalue weighted by Gasteiger charge is -2.19. The molecule has 1 saturated heterocycles. The van der Waals surface area contributed by atoms with Gasteiger partial charge in [-0.3, -0.25) is 4.79 Å². The number of benzene rings is 5. The summed E-state index contributed by atoms with van der Waals surface area (Å²) in [6.45, 7) is 0.753. The van der Waals surface area contributed by atoms with Crippen LogP contribution in [0, 0.1) is 0 Å². The summed E-state index contributed by atoms with van der Waals surface area (Å²) in [4.78, 5) is 14.2. The Morgan fingerprint density at radius 2 is 1.36 bits per heavy atom. The zero-order valence-corrected chi connectivity index (χ0v) is 18.0. The van der Waals surface area contributed by atoms with Crippen LogP contribution in [-0.4, -0.2) is 12.4 Å². The standard InChI is InChI=1S/C30H22O3/c31-29(30(20-33-30)26-16-8-13-22-11-4-6-14-24(22)26)28-25-15-7-5-12-23(25)17-18-27(28)32-19-21-9-2-1-3-10-21/h1-18H,19-20H2. The van der Waals surface area contributed by atoms with Gasteiger partial charge >= 0.3 is 0 Å². The van der Waals surface area contributed by atoms with E-state index in [2.05, 4.69) is 18.2 Å². The fourth-order valence-corrected chi connectivity index (χ4v) is 4.60. The first-order valence-electron chi connectivity index (χ1n) is 11.1. The third kappa shape index (κ3) is 3.38. The van der Waals surface area contributed by atoms with Gasteiger partial charge in [0.15, 0.2) is 5.60 Å². The molecule has 3 nitrogen and oxygen atoms in total. The van der Waals surface area contributed by atoms with Gasteiger partial charge in [0.25, 0.3) is 0 Å². The maximum atomic E-state index is 14.2. The second-order valence-electron chi connectivity index (χ2n) is 8.41. The van der Waals surface area contributed by atoms with E-state index >= 15 is 0 Å². The van der Waals surface area contributed by atoms with Crippen molar-refractivity contribution in [3.63, 3.8) is 0 Å². The van der Waals surface area contributed by atoms with Gasteiger partial charge in [0, 0.05) is 5.56 Å². The maximum absolute atomic E-state index is 14.2. The fourth-order valence-electron chi connectivity index (χ4n) is 4.60. The van der Waals surface area contributed by atoms with Gasteiger partial charge in [-0.1, -0.05) is 103 Å². The Bertz CT molecular complexity index is 1480. The lowest BCUT2D eigenvalue weighted by Crippen LogP contribution is -2.24. The summed E-state index contributed by atoms with van der Waals surface area (Å²) in [5.74, 6) is 0.524. The van der Waals surface area contributed by atoms with Gasteiger partial charge in [-0.25, -0.2) is 0 Å². The van der Waals surface area contributed by atoms with Gasteiger partial charge in [0.05, 0.1) is 12.2 Å². The van der Waals surface area contributed by atoms with Crippen LogP contribution in [0.1, 0.15) is 21.5 Å². The topological polar surface area (TPSA) is 38.8 Å². The first kappa shape index (κ1) is 19.7. The lowest BCUT2D eigenvalue weighted by atomic mass is 9.85. The Hall–Kier alpha value is -3.95. The van der Waals surface area contributed by atoms with Crippen LogP contribution in [0.25, 0.3) is 21.5 Å². The van der Waals surface area contributed by atoms with Crippen LogP contribution in [0.15, 0.2) is 109 Å². The third-order valence-corrected chi connectivity index (χ3v) is 6.38. The minimum atomic E-state index is -0.990. The molecule has 1 atom stereocenters. The number of carbonyl (C=O) groups excluding carboxylic acids is 1. The van der Waals surface area contributed by atoms with Gasteiger partial charge in [-0.2, -0.15) is 0 Å².